The Morgan fingerprint density at radius 2 is 2.10 bits per heavy atom. The first kappa shape index (κ1) is 15.5. The lowest BCUT2D eigenvalue weighted by atomic mass is 10.1. The zero-order valence-corrected chi connectivity index (χ0v) is 13.0. The molecule has 0 amide bonds. The zero-order valence-electron chi connectivity index (χ0n) is 10.6. The molecular weight excluding hydrogens is 357 g/mol. The van der Waals surface area contributed by atoms with E-state index >= 15 is 0 Å². The van der Waals surface area contributed by atoms with Crippen molar-refractivity contribution in [1.82, 2.24) is 0 Å². The van der Waals surface area contributed by atoms with Crippen molar-refractivity contribution < 1.29 is 14.3 Å². The number of halogens is 2. The molecule has 0 atom stereocenters. The Morgan fingerprint density at radius 3 is 2.76 bits per heavy atom. The molecule has 0 saturated carbocycles. The van der Waals surface area contributed by atoms with Crippen molar-refractivity contribution in [3.8, 4) is 6.07 Å². The van der Waals surface area contributed by atoms with Crippen molar-refractivity contribution in [1.29, 1.82) is 5.26 Å². The van der Waals surface area contributed by atoms with Crippen LogP contribution in [-0.2, 0) is 5.75 Å². The number of nitriles is 1. The molecule has 0 unspecified atom stereocenters. The SMILES string of the molecule is N#Cc1ccc(F)c(CSc2cc(Br)ccc2C(=O)O)c1. The van der Waals surface area contributed by atoms with E-state index in [0.717, 1.165) is 4.47 Å². The third-order valence-corrected chi connectivity index (χ3v) is 4.33. The third-order valence-electron chi connectivity index (χ3n) is 2.73. The molecule has 0 aromatic heterocycles. The minimum Gasteiger partial charge on any atom is -0.478 e. The molecule has 0 spiro atoms. The summed E-state index contributed by atoms with van der Waals surface area (Å²) in [6, 6.07) is 10.9. The molecule has 2 rings (SSSR count). The molecule has 1 N–H and O–H groups in total. The monoisotopic (exact) mass is 365 g/mol. The zero-order chi connectivity index (χ0) is 15.4. The molecule has 0 fully saturated rings. The molecule has 0 aliphatic rings. The summed E-state index contributed by atoms with van der Waals surface area (Å²) in [5, 5.41) is 18.0. The van der Waals surface area contributed by atoms with Crippen molar-refractivity contribution in [2.24, 2.45) is 0 Å². The molecule has 6 heteroatoms. The van der Waals surface area contributed by atoms with Gasteiger partial charge in [0.2, 0.25) is 0 Å². The van der Waals surface area contributed by atoms with Gasteiger partial charge in [0.05, 0.1) is 17.2 Å². The molecule has 2 aromatic carbocycles. The first-order chi connectivity index (χ1) is 10.0. The van der Waals surface area contributed by atoms with Gasteiger partial charge in [0, 0.05) is 15.1 Å². The van der Waals surface area contributed by atoms with Crippen LogP contribution < -0.4 is 0 Å². The number of carbonyl (C=O) groups is 1. The van der Waals surface area contributed by atoms with E-state index in [9.17, 15) is 9.18 Å². The van der Waals surface area contributed by atoms with Crippen LogP contribution in [0.1, 0.15) is 21.5 Å². The number of nitrogens with zero attached hydrogens (tertiary/aromatic N) is 1. The highest BCUT2D eigenvalue weighted by Crippen LogP contribution is 2.30. The summed E-state index contributed by atoms with van der Waals surface area (Å²) in [4.78, 5) is 11.7. The predicted molar refractivity (Wildman–Crippen MR) is 81.8 cm³/mol. The number of benzene rings is 2. The van der Waals surface area contributed by atoms with Crippen LogP contribution in [0.5, 0.6) is 0 Å². The van der Waals surface area contributed by atoms with Gasteiger partial charge in [-0.2, -0.15) is 5.26 Å². The quantitative estimate of drug-likeness (QED) is 0.813. The largest absolute Gasteiger partial charge is 0.478 e. The molecular formula is C15H9BrFNO2S. The fraction of sp³-hybridized carbons (Fsp3) is 0.0667. The fourth-order valence-corrected chi connectivity index (χ4v) is 3.27. The predicted octanol–water partition coefficient (Wildman–Crippen LogP) is 4.45. The van der Waals surface area contributed by atoms with E-state index in [4.69, 9.17) is 10.4 Å². The maximum absolute atomic E-state index is 13.7. The molecule has 21 heavy (non-hydrogen) atoms. The van der Waals surface area contributed by atoms with Crippen LogP contribution in [0.2, 0.25) is 0 Å². The van der Waals surface area contributed by atoms with E-state index in [1.807, 2.05) is 6.07 Å². The van der Waals surface area contributed by atoms with Gasteiger partial charge >= 0.3 is 5.97 Å². The topological polar surface area (TPSA) is 61.1 Å². The Kier molecular flexibility index (Phi) is 4.99. The van der Waals surface area contributed by atoms with Crippen LogP contribution in [0, 0.1) is 17.1 Å². The maximum Gasteiger partial charge on any atom is 0.336 e. The number of thioether (sulfide) groups is 1. The lowest BCUT2D eigenvalue weighted by Gasteiger charge is -2.07. The number of rotatable bonds is 4. The summed E-state index contributed by atoms with van der Waals surface area (Å²) in [5.74, 6) is -1.19. The van der Waals surface area contributed by atoms with Crippen molar-refractivity contribution in [2.75, 3.05) is 0 Å². The van der Waals surface area contributed by atoms with Gasteiger partial charge in [-0.3, -0.25) is 0 Å². The van der Waals surface area contributed by atoms with Gasteiger partial charge in [0.15, 0.2) is 0 Å². The molecule has 0 radical (unpaired) electrons. The Labute approximate surface area is 133 Å². The highest BCUT2D eigenvalue weighted by Gasteiger charge is 2.12. The minimum absolute atomic E-state index is 0.167. The van der Waals surface area contributed by atoms with Gasteiger partial charge in [0.1, 0.15) is 5.82 Å². The minimum atomic E-state index is -1.03. The van der Waals surface area contributed by atoms with Gasteiger partial charge in [-0.25, -0.2) is 9.18 Å². The standard InChI is InChI=1S/C15H9BrFNO2S/c16-11-2-3-12(15(19)20)14(6-11)21-8-10-5-9(7-18)1-4-13(10)17/h1-6H,8H2,(H,19,20). The van der Waals surface area contributed by atoms with Crippen LogP contribution in [0.25, 0.3) is 0 Å². The molecule has 0 saturated heterocycles. The van der Waals surface area contributed by atoms with E-state index < -0.39 is 11.8 Å². The number of hydrogen-bond acceptors (Lipinski definition) is 3. The van der Waals surface area contributed by atoms with Crippen LogP contribution in [0.15, 0.2) is 45.8 Å². The average Bonchev–Trinajstić information content (AvgIpc) is 2.46. The Morgan fingerprint density at radius 1 is 1.33 bits per heavy atom. The highest BCUT2D eigenvalue weighted by molar-refractivity contribution is 9.10. The van der Waals surface area contributed by atoms with E-state index in [1.54, 1.807) is 12.1 Å². The molecule has 3 nitrogen and oxygen atoms in total. The second-order valence-electron chi connectivity index (χ2n) is 4.15. The Bertz CT molecular complexity index is 743. The third kappa shape index (κ3) is 3.84. The van der Waals surface area contributed by atoms with E-state index in [-0.39, 0.29) is 11.3 Å². The van der Waals surface area contributed by atoms with Crippen molar-refractivity contribution >= 4 is 33.7 Å². The molecule has 106 valence electrons. The maximum atomic E-state index is 13.7. The Balaban J connectivity index is 2.26. The van der Waals surface area contributed by atoms with Gasteiger partial charge in [-0.05, 0) is 42.0 Å². The normalized spacial score (nSPS) is 10.1. The number of aromatic carboxylic acids is 1. The van der Waals surface area contributed by atoms with E-state index in [1.165, 1.54) is 36.0 Å². The summed E-state index contributed by atoms with van der Waals surface area (Å²) >= 11 is 4.50. The van der Waals surface area contributed by atoms with Gasteiger partial charge in [0.25, 0.3) is 0 Å². The lowest BCUT2D eigenvalue weighted by molar-refractivity contribution is 0.0693. The van der Waals surface area contributed by atoms with E-state index in [0.29, 0.717) is 16.0 Å². The summed E-state index contributed by atoms with van der Waals surface area (Å²) in [7, 11) is 0. The number of hydrogen-bond donors (Lipinski definition) is 1. The van der Waals surface area contributed by atoms with Crippen LogP contribution in [0.3, 0.4) is 0 Å². The summed E-state index contributed by atoms with van der Waals surface area (Å²) in [6.45, 7) is 0. The van der Waals surface area contributed by atoms with Crippen LogP contribution in [-0.4, -0.2) is 11.1 Å². The number of carboxylic acid groups (broad SMARTS) is 1. The van der Waals surface area contributed by atoms with E-state index in [2.05, 4.69) is 15.9 Å². The molecule has 0 heterocycles. The second-order valence-corrected chi connectivity index (χ2v) is 6.09. The van der Waals surface area contributed by atoms with Gasteiger partial charge in [-0.1, -0.05) is 15.9 Å². The molecule has 0 aliphatic heterocycles. The summed E-state index contributed by atoms with van der Waals surface area (Å²) in [5.41, 5.74) is 0.912. The number of carboxylic acids is 1. The van der Waals surface area contributed by atoms with Crippen molar-refractivity contribution in [3.05, 3.63) is 63.4 Å². The van der Waals surface area contributed by atoms with Gasteiger partial charge in [-0.15, -0.1) is 11.8 Å². The summed E-state index contributed by atoms with van der Waals surface area (Å²) in [6.07, 6.45) is 0. The van der Waals surface area contributed by atoms with Crippen LogP contribution >= 0.6 is 27.7 Å². The molecule has 0 bridgehead atoms. The van der Waals surface area contributed by atoms with Crippen molar-refractivity contribution in [2.45, 2.75) is 10.6 Å². The molecule has 0 aliphatic carbocycles. The smallest absolute Gasteiger partial charge is 0.336 e. The Hall–Kier alpha value is -1.84. The summed E-state index contributed by atoms with van der Waals surface area (Å²) < 4.78 is 14.4. The highest BCUT2D eigenvalue weighted by atomic mass is 79.9. The lowest BCUT2D eigenvalue weighted by Crippen LogP contribution is -1.99. The first-order valence-corrected chi connectivity index (χ1v) is 7.63. The first-order valence-electron chi connectivity index (χ1n) is 5.85. The average molecular weight is 366 g/mol. The van der Waals surface area contributed by atoms with Crippen molar-refractivity contribution in [3.63, 3.8) is 0 Å². The molecule has 2 aromatic rings. The van der Waals surface area contributed by atoms with Gasteiger partial charge < -0.3 is 5.11 Å². The van der Waals surface area contributed by atoms with Crippen LogP contribution in [0.4, 0.5) is 4.39 Å². The fourth-order valence-electron chi connectivity index (χ4n) is 1.70. The second kappa shape index (κ2) is 6.74.